The maximum Gasteiger partial charge on any atom is 0.226 e. The zero-order chi connectivity index (χ0) is 15.4. The molecule has 1 aromatic heterocycles. The van der Waals surface area contributed by atoms with E-state index in [1.165, 1.54) is 0 Å². The maximum atomic E-state index is 12.3. The van der Waals surface area contributed by atoms with E-state index in [0.29, 0.717) is 13.2 Å². The van der Waals surface area contributed by atoms with Crippen LogP contribution < -0.4 is 10.1 Å². The number of hydrogen-bond donors (Lipinski definition) is 1. The zero-order valence-corrected chi connectivity index (χ0v) is 12.8. The van der Waals surface area contributed by atoms with Gasteiger partial charge >= 0.3 is 0 Å². The molecule has 1 unspecified atom stereocenters. The summed E-state index contributed by atoms with van der Waals surface area (Å²) < 4.78 is 7.75. The summed E-state index contributed by atoms with van der Waals surface area (Å²) in [7, 11) is 0. The Bertz CT molecular complexity index is 651. The molecule has 1 aliphatic heterocycles. The van der Waals surface area contributed by atoms with Crippen LogP contribution in [0, 0.1) is 5.92 Å². The number of ether oxygens (including phenoxy) is 1. The Morgan fingerprint density at radius 3 is 3.18 bits per heavy atom. The van der Waals surface area contributed by atoms with Gasteiger partial charge in [-0.05, 0) is 18.1 Å². The van der Waals surface area contributed by atoms with Crippen LogP contribution in [0.4, 0.5) is 0 Å². The van der Waals surface area contributed by atoms with E-state index in [1.54, 1.807) is 6.20 Å². The summed E-state index contributed by atoms with van der Waals surface area (Å²) in [5.74, 6) is 1.90. The molecule has 0 radical (unpaired) electrons. The van der Waals surface area contributed by atoms with Gasteiger partial charge in [0.1, 0.15) is 18.2 Å². The Morgan fingerprint density at radius 2 is 2.32 bits per heavy atom. The average Bonchev–Trinajstić information content (AvgIpc) is 3.01. The molecule has 0 bridgehead atoms. The molecule has 5 heteroatoms. The molecule has 0 aliphatic carbocycles. The lowest BCUT2D eigenvalue weighted by molar-refractivity contribution is -0.126. The fourth-order valence-electron chi connectivity index (χ4n) is 2.80. The summed E-state index contributed by atoms with van der Waals surface area (Å²) >= 11 is 0. The smallest absolute Gasteiger partial charge is 0.226 e. The number of rotatable bonds is 5. The summed E-state index contributed by atoms with van der Waals surface area (Å²) in [6.07, 6.45) is 5.39. The Morgan fingerprint density at radius 1 is 1.45 bits per heavy atom. The monoisotopic (exact) mass is 299 g/mol. The molecule has 1 aromatic carbocycles. The van der Waals surface area contributed by atoms with E-state index in [9.17, 15) is 4.79 Å². The molecule has 1 N–H and O–H groups in total. The fourth-order valence-corrected chi connectivity index (χ4v) is 2.80. The number of nitrogens with zero attached hydrogens (tertiary/aromatic N) is 2. The number of carbonyl (C=O) groups excluding carboxylic acids is 1. The van der Waals surface area contributed by atoms with Crippen molar-refractivity contribution in [1.29, 1.82) is 0 Å². The van der Waals surface area contributed by atoms with Crippen molar-refractivity contribution in [1.82, 2.24) is 14.9 Å². The number of fused-ring (bicyclic) bond motifs is 1. The van der Waals surface area contributed by atoms with Crippen LogP contribution in [-0.2, 0) is 24.2 Å². The molecule has 0 saturated carbocycles. The molecule has 1 atom stereocenters. The molecule has 2 heterocycles. The van der Waals surface area contributed by atoms with E-state index in [1.807, 2.05) is 30.5 Å². The third kappa shape index (κ3) is 3.13. The number of hydrogen-bond acceptors (Lipinski definition) is 3. The number of para-hydroxylation sites is 1. The van der Waals surface area contributed by atoms with E-state index in [-0.39, 0.29) is 11.8 Å². The van der Waals surface area contributed by atoms with Crippen molar-refractivity contribution in [2.75, 3.05) is 13.2 Å². The lowest BCUT2D eigenvalue weighted by Crippen LogP contribution is -2.38. The number of aromatic nitrogens is 2. The van der Waals surface area contributed by atoms with Crippen LogP contribution >= 0.6 is 0 Å². The molecule has 22 heavy (non-hydrogen) atoms. The van der Waals surface area contributed by atoms with Crippen LogP contribution in [0.2, 0.25) is 0 Å². The Kier molecular flexibility index (Phi) is 4.42. The summed E-state index contributed by atoms with van der Waals surface area (Å²) in [5.41, 5.74) is 1.11. The second-order valence-corrected chi connectivity index (χ2v) is 5.50. The van der Waals surface area contributed by atoms with Gasteiger partial charge in [-0.2, -0.15) is 0 Å². The third-order valence-electron chi connectivity index (χ3n) is 4.02. The van der Waals surface area contributed by atoms with Gasteiger partial charge in [0.2, 0.25) is 5.91 Å². The minimum atomic E-state index is -0.108. The zero-order valence-electron chi connectivity index (χ0n) is 12.8. The second-order valence-electron chi connectivity index (χ2n) is 5.50. The standard InChI is InChI=1S/C17H21N3O2/c1-2-16-18-7-9-20(16)10-8-19-17(21)14-11-13-5-3-4-6-15(13)22-12-14/h3-7,9,14H,2,8,10-12H2,1H3,(H,19,21). The number of aryl methyl sites for hydroxylation is 1. The topological polar surface area (TPSA) is 56.2 Å². The van der Waals surface area contributed by atoms with Crippen molar-refractivity contribution >= 4 is 5.91 Å². The first-order valence-electron chi connectivity index (χ1n) is 7.76. The lowest BCUT2D eigenvalue weighted by atomic mass is 9.96. The summed E-state index contributed by atoms with van der Waals surface area (Å²) in [4.78, 5) is 16.6. The Hall–Kier alpha value is -2.30. The van der Waals surface area contributed by atoms with Crippen molar-refractivity contribution in [3.8, 4) is 5.75 Å². The first-order chi connectivity index (χ1) is 10.8. The van der Waals surface area contributed by atoms with E-state index in [2.05, 4.69) is 21.8 Å². The minimum absolute atomic E-state index is 0.0627. The van der Waals surface area contributed by atoms with Gasteiger partial charge in [-0.15, -0.1) is 0 Å². The molecule has 0 saturated heterocycles. The van der Waals surface area contributed by atoms with Gasteiger partial charge in [0.05, 0.1) is 5.92 Å². The van der Waals surface area contributed by atoms with Gasteiger partial charge in [0, 0.05) is 31.9 Å². The summed E-state index contributed by atoms with van der Waals surface area (Å²) in [6, 6.07) is 7.91. The first kappa shape index (κ1) is 14.6. The molecule has 2 aromatic rings. The molecular weight excluding hydrogens is 278 g/mol. The number of benzene rings is 1. The van der Waals surface area contributed by atoms with Crippen LogP contribution in [0.5, 0.6) is 5.75 Å². The van der Waals surface area contributed by atoms with Gasteiger partial charge in [0.15, 0.2) is 0 Å². The average molecular weight is 299 g/mol. The lowest BCUT2D eigenvalue weighted by Gasteiger charge is -2.24. The molecule has 3 rings (SSSR count). The number of imidazole rings is 1. The highest BCUT2D eigenvalue weighted by Crippen LogP contribution is 2.26. The van der Waals surface area contributed by atoms with E-state index in [0.717, 1.165) is 36.5 Å². The van der Waals surface area contributed by atoms with Crippen molar-refractivity contribution in [2.45, 2.75) is 26.3 Å². The number of amides is 1. The molecule has 116 valence electrons. The van der Waals surface area contributed by atoms with Crippen LogP contribution in [0.25, 0.3) is 0 Å². The van der Waals surface area contributed by atoms with Crippen LogP contribution in [-0.4, -0.2) is 28.6 Å². The molecule has 1 amide bonds. The van der Waals surface area contributed by atoms with Crippen molar-refractivity contribution in [3.63, 3.8) is 0 Å². The van der Waals surface area contributed by atoms with E-state index in [4.69, 9.17) is 4.74 Å². The van der Waals surface area contributed by atoms with Crippen molar-refractivity contribution < 1.29 is 9.53 Å². The summed E-state index contributed by atoms with van der Waals surface area (Å²) in [5, 5.41) is 3.01. The van der Waals surface area contributed by atoms with Gasteiger partial charge in [-0.1, -0.05) is 25.1 Å². The molecule has 0 fully saturated rings. The normalized spacial score (nSPS) is 16.7. The van der Waals surface area contributed by atoms with Crippen molar-refractivity contribution in [3.05, 3.63) is 48.0 Å². The van der Waals surface area contributed by atoms with Crippen LogP contribution in [0.3, 0.4) is 0 Å². The summed E-state index contributed by atoms with van der Waals surface area (Å²) in [6.45, 7) is 3.89. The van der Waals surface area contributed by atoms with E-state index < -0.39 is 0 Å². The predicted molar refractivity (Wildman–Crippen MR) is 83.7 cm³/mol. The molecule has 1 aliphatic rings. The van der Waals surface area contributed by atoms with Gasteiger partial charge in [0.25, 0.3) is 0 Å². The molecular formula is C17H21N3O2. The highest BCUT2D eigenvalue weighted by molar-refractivity contribution is 5.79. The quantitative estimate of drug-likeness (QED) is 0.916. The fraction of sp³-hybridized carbons (Fsp3) is 0.412. The Labute approximate surface area is 130 Å². The van der Waals surface area contributed by atoms with E-state index >= 15 is 0 Å². The maximum absolute atomic E-state index is 12.3. The Balaban J connectivity index is 1.51. The SMILES string of the molecule is CCc1nccn1CCNC(=O)C1COc2ccccc2C1. The number of carbonyl (C=O) groups is 1. The van der Waals surface area contributed by atoms with Gasteiger partial charge in [-0.3, -0.25) is 4.79 Å². The van der Waals surface area contributed by atoms with Gasteiger partial charge in [-0.25, -0.2) is 4.98 Å². The first-order valence-corrected chi connectivity index (χ1v) is 7.76. The van der Waals surface area contributed by atoms with Crippen LogP contribution in [0.1, 0.15) is 18.3 Å². The second kappa shape index (κ2) is 6.64. The number of nitrogens with one attached hydrogen (secondary N) is 1. The van der Waals surface area contributed by atoms with Crippen LogP contribution in [0.15, 0.2) is 36.7 Å². The van der Waals surface area contributed by atoms with Gasteiger partial charge < -0.3 is 14.6 Å². The highest BCUT2D eigenvalue weighted by atomic mass is 16.5. The highest BCUT2D eigenvalue weighted by Gasteiger charge is 2.25. The minimum Gasteiger partial charge on any atom is -0.492 e. The van der Waals surface area contributed by atoms with Crippen molar-refractivity contribution in [2.24, 2.45) is 5.92 Å². The predicted octanol–water partition coefficient (Wildman–Crippen LogP) is 1.81. The largest absolute Gasteiger partial charge is 0.492 e. The molecule has 5 nitrogen and oxygen atoms in total. The third-order valence-corrected chi connectivity index (χ3v) is 4.02. The molecule has 0 spiro atoms.